The maximum Gasteiger partial charge on any atom is 0.226 e. The standard InChI is InChI=1S/C19H27ClN4O2S/c1-3-5-6-17(25)22-19(27)21-14-7-8-16(15(20)13-14)23-9-11-24(12-10-23)18(26)4-2/h7-8,13H,3-6,9-12H2,1-2H3,(H2,21,22,25,27). The second-order valence-corrected chi connectivity index (χ2v) is 7.31. The topological polar surface area (TPSA) is 64.7 Å². The maximum absolute atomic E-state index is 11.8. The Morgan fingerprint density at radius 2 is 1.89 bits per heavy atom. The first-order chi connectivity index (χ1) is 12.9. The van der Waals surface area contributed by atoms with Crippen molar-refractivity contribution in [1.29, 1.82) is 0 Å². The number of carbonyl (C=O) groups excluding carboxylic acids is 2. The Kier molecular flexibility index (Phi) is 8.31. The summed E-state index contributed by atoms with van der Waals surface area (Å²) in [5, 5.41) is 6.54. The minimum Gasteiger partial charge on any atom is -0.367 e. The number of anilines is 2. The van der Waals surface area contributed by atoms with Crippen LogP contribution in [0.1, 0.15) is 39.5 Å². The third-order valence-corrected chi connectivity index (χ3v) is 5.00. The van der Waals surface area contributed by atoms with E-state index in [0.29, 0.717) is 31.0 Å². The smallest absolute Gasteiger partial charge is 0.226 e. The fraction of sp³-hybridized carbons (Fsp3) is 0.526. The lowest BCUT2D eigenvalue weighted by Crippen LogP contribution is -2.48. The second-order valence-electron chi connectivity index (χ2n) is 6.49. The minimum atomic E-state index is -0.0865. The Labute approximate surface area is 171 Å². The molecule has 0 aromatic heterocycles. The van der Waals surface area contributed by atoms with E-state index in [1.54, 1.807) is 6.07 Å². The minimum absolute atomic E-state index is 0.0865. The molecule has 0 aliphatic carbocycles. The molecule has 27 heavy (non-hydrogen) atoms. The maximum atomic E-state index is 11.8. The van der Waals surface area contributed by atoms with E-state index in [9.17, 15) is 9.59 Å². The molecule has 1 heterocycles. The van der Waals surface area contributed by atoms with Crippen LogP contribution in [0.3, 0.4) is 0 Å². The molecule has 0 atom stereocenters. The second kappa shape index (κ2) is 10.5. The van der Waals surface area contributed by atoms with Crippen molar-refractivity contribution in [1.82, 2.24) is 10.2 Å². The highest BCUT2D eigenvalue weighted by Gasteiger charge is 2.21. The van der Waals surface area contributed by atoms with Gasteiger partial charge in [0.15, 0.2) is 5.11 Å². The van der Waals surface area contributed by atoms with Crippen LogP contribution in [0.15, 0.2) is 18.2 Å². The number of hydrogen-bond donors (Lipinski definition) is 2. The Bertz CT molecular complexity index is 690. The molecule has 0 spiro atoms. The predicted molar refractivity (Wildman–Crippen MR) is 114 cm³/mol. The van der Waals surface area contributed by atoms with Gasteiger partial charge in [-0.05, 0) is 36.8 Å². The largest absolute Gasteiger partial charge is 0.367 e. The van der Waals surface area contributed by atoms with Gasteiger partial charge in [-0.15, -0.1) is 0 Å². The summed E-state index contributed by atoms with van der Waals surface area (Å²) >= 11 is 11.6. The Morgan fingerprint density at radius 3 is 2.48 bits per heavy atom. The van der Waals surface area contributed by atoms with Gasteiger partial charge < -0.3 is 20.4 Å². The molecule has 0 radical (unpaired) electrons. The van der Waals surface area contributed by atoms with Crippen molar-refractivity contribution in [3.63, 3.8) is 0 Å². The molecular formula is C19H27ClN4O2S. The van der Waals surface area contributed by atoms with Gasteiger partial charge in [0, 0.05) is 44.7 Å². The molecule has 0 unspecified atom stereocenters. The molecule has 1 aliphatic heterocycles. The SMILES string of the molecule is CCCCC(=O)NC(=S)Nc1ccc(N2CCN(C(=O)CC)CC2)c(Cl)c1. The van der Waals surface area contributed by atoms with Crippen LogP contribution >= 0.6 is 23.8 Å². The highest BCUT2D eigenvalue weighted by molar-refractivity contribution is 7.80. The highest BCUT2D eigenvalue weighted by Crippen LogP contribution is 2.29. The van der Waals surface area contributed by atoms with E-state index < -0.39 is 0 Å². The van der Waals surface area contributed by atoms with Crippen molar-refractivity contribution in [3.05, 3.63) is 23.2 Å². The van der Waals surface area contributed by atoms with Gasteiger partial charge in [-0.2, -0.15) is 0 Å². The molecule has 1 fully saturated rings. The van der Waals surface area contributed by atoms with Crippen LogP contribution in [0.5, 0.6) is 0 Å². The fourth-order valence-corrected chi connectivity index (χ4v) is 3.48. The number of hydrogen-bond acceptors (Lipinski definition) is 4. The molecule has 148 valence electrons. The van der Waals surface area contributed by atoms with Crippen LogP contribution in [-0.2, 0) is 9.59 Å². The van der Waals surface area contributed by atoms with E-state index in [1.807, 2.05) is 30.9 Å². The summed E-state index contributed by atoms with van der Waals surface area (Å²) < 4.78 is 0. The molecule has 1 aromatic carbocycles. The summed E-state index contributed by atoms with van der Waals surface area (Å²) in [6.07, 6.45) is 2.80. The first-order valence-electron chi connectivity index (χ1n) is 9.37. The zero-order chi connectivity index (χ0) is 19.8. The zero-order valence-corrected chi connectivity index (χ0v) is 17.5. The summed E-state index contributed by atoms with van der Waals surface area (Å²) in [6, 6.07) is 5.61. The average Bonchev–Trinajstić information content (AvgIpc) is 2.66. The monoisotopic (exact) mass is 410 g/mol. The lowest BCUT2D eigenvalue weighted by atomic mass is 10.2. The van der Waals surface area contributed by atoms with E-state index in [-0.39, 0.29) is 16.9 Å². The third kappa shape index (κ3) is 6.36. The highest BCUT2D eigenvalue weighted by atomic mass is 35.5. The zero-order valence-electron chi connectivity index (χ0n) is 15.9. The van der Waals surface area contributed by atoms with Crippen molar-refractivity contribution in [3.8, 4) is 0 Å². The van der Waals surface area contributed by atoms with Gasteiger partial charge in [-0.1, -0.05) is 31.9 Å². The number of halogens is 1. The third-order valence-electron chi connectivity index (χ3n) is 4.49. The molecule has 0 bridgehead atoms. The molecule has 1 aliphatic rings. The van der Waals surface area contributed by atoms with Gasteiger partial charge in [-0.25, -0.2) is 0 Å². The summed E-state index contributed by atoms with van der Waals surface area (Å²) in [4.78, 5) is 27.6. The quantitative estimate of drug-likeness (QED) is 0.703. The molecule has 1 aromatic rings. The van der Waals surface area contributed by atoms with Gasteiger partial charge in [0.05, 0.1) is 10.7 Å². The molecule has 2 N–H and O–H groups in total. The van der Waals surface area contributed by atoms with Gasteiger partial charge in [-0.3, -0.25) is 9.59 Å². The number of amides is 2. The molecule has 1 saturated heterocycles. The van der Waals surface area contributed by atoms with Crippen LogP contribution in [-0.4, -0.2) is 48.0 Å². The molecular weight excluding hydrogens is 384 g/mol. The van der Waals surface area contributed by atoms with Crippen LogP contribution in [0, 0.1) is 0 Å². The molecule has 2 rings (SSSR count). The summed E-state index contributed by atoms with van der Waals surface area (Å²) in [6.45, 7) is 6.84. The fourth-order valence-electron chi connectivity index (χ4n) is 2.95. The van der Waals surface area contributed by atoms with Crippen molar-refractivity contribution in [2.75, 3.05) is 36.4 Å². The van der Waals surface area contributed by atoms with E-state index in [0.717, 1.165) is 37.3 Å². The summed E-state index contributed by atoms with van der Waals surface area (Å²) in [5.41, 5.74) is 1.66. The normalized spacial score (nSPS) is 14.0. The molecule has 6 nitrogen and oxygen atoms in total. The van der Waals surface area contributed by atoms with Crippen molar-refractivity contribution >= 4 is 52.1 Å². The number of unbranched alkanes of at least 4 members (excludes halogenated alkanes) is 1. The van der Waals surface area contributed by atoms with Gasteiger partial charge in [0.2, 0.25) is 11.8 Å². The first kappa shape index (κ1) is 21.4. The van der Waals surface area contributed by atoms with E-state index in [4.69, 9.17) is 23.8 Å². The first-order valence-corrected chi connectivity index (χ1v) is 10.2. The molecule has 8 heteroatoms. The van der Waals surface area contributed by atoms with Crippen LogP contribution < -0.4 is 15.5 Å². The van der Waals surface area contributed by atoms with Gasteiger partial charge >= 0.3 is 0 Å². The van der Waals surface area contributed by atoms with Crippen LogP contribution in [0.2, 0.25) is 5.02 Å². The van der Waals surface area contributed by atoms with Crippen LogP contribution in [0.4, 0.5) is 11.4 Å². The Hall–Kier alpha value is -1.86. The van der Waals surface area contributed by atoms with Gasteiger partial charge in [0.25, 0.3) is 0 Å². The number of nitrogens with zero attached hydrogens (tertiary/aromatic N) is 2. The van der Waals surface area contributed by atoms with Crippen molar-refractivity contribution in [2.24, 2.45) is 0 Å². The van der Waals surface area contributed by atoms with Crippen molar-refractivity contribution in [2.45, 2.75) is 39.5 Å². The number of benzene rings is 1. The Morgan fingerprint density at radius 1 is 1.19 bits per heavy atom. The average molecular weight is 411 g/mol. The Balaban J connectivity index is 1.91. The lowest BCUT2D eigenvalue weighted by molar-refractivity contribution is -0.131. The number of rotatable bonds is 6. The van der Waals surface area contributed by atoms with E-state index in [2.05, 4.69) is 15.5 Å². The van der Waals surface area contributed by atoms with Crippen molar-refractivity contribution < 1.29 is 9.59 Å². The predicted octanol–water partition coefficient (Wildman–Crippen LogP) is 3.40. The molecule has 0 saturated carbocycles. The number of carbonyl (C=O) groups is 2. The summed E-state index contributed by atoms with van der Waals surface area (Å²) in [7, 11) is 0. The van der Waals surface area contributed by atoms with Crippen LogP contribution in [0.25, 0.3) is 0 Å². The van der Waals surface area contributed by atoms with E-state index in [1.165, 1.54) is 0 Å². The number of piperazine rings is 1. The lowest BCUT2D eigenvalue weighted by Gasteiger charge is -2.36. The summed E-state index contributed by atoms with van der Waals surface area (Å²) in [5.74, 6) is 0.103. The molecule has 2 amide bonds. The van der Waals surface area contributed by atoms with E-state index >= 15 is 0 Å². The number of thiocarbonyl (C=S) groups is 1. The van der Waals surface area contributed by atoms with Gasteiger partial charge in [0.1, 0.15) is 0 Å². The number of nitrogens with one attached hydrogen (secondary N) is 2.